The molecule has 0 saturated heterocycles. The Balaban J connectivity index is 1.57. The van der Waals surface area contributed by atoms with E-state index < -0.39 is 10.0 Å². The van der Waals surface area contributed by atoms with Crippen molar-refractivity contribution in [3.8, 4) is 5.75 Å². The summed E-state index contributed by atoms with van der Waals surface area (Å²) in [4.78, 5) is 0.303. The zero-order valence-electron chi connectivity index (χ0n) is 20.5. The molecule has 0 N–H and O–H groups in total. The molecule has 5 heteroatoms. The van der Waals surface area contributed by atoms with E-state index in [9.17, 15) is 8.42 Å². The fraction of sp³-hybridized carbons (Fsp3) is 0.161. The van der Waals surface area contributed by atoms with Crippen LogP contribution in [0.5, 0.6) is 5.75 Å². The minimum absolute atomic E-state index is 0.249. The van der Waals surface area contributed by atoms with Gasteiger partial charge >= 0.3 is 0 Å². The van der Waals surface area contributed by atoms with Crippen molar-refractivity contribution in [2.75, 3.05) is 11.4 Å². The molecule has 0 aliphatic carbocycles. The zero-order chi connectivity index (χ0) is 25.1. The summed E-state index contributed by atoms with van der Waals surface area (Å²) in [6, 6.07) is 32.9. The molecule has 36 heavy (non-hydrogen) atoms. The number of nitrogens with zero attached hydrogens (tertiary/aromatic N) is 1. The van der Waals surface area contributed by atoms with Crippen LogP contribution >= 0.6 is 0 Å². The Morgan fingerprint density at radius 3 is 2.08 bits per heavy atom. The lowest BCUT2D eigenvalue weighted by Crippen LogP contribution is -2.37. The molecule has 4 aromatic carbocycles. The van der Waals surface area contributed by atoms with Crippen LogP contribution in [0.25, 0.3) is 5.57 Å². The fourth-order valence-corrected chi connectivity index (χ4v) is 6.52. The van der Waals surface area contributed by atoms with Gasteiger partial charge in [-0.25, -0.2) is 8.42 Å². The highest BCUT2D eigenvalue weighted by atomic mass is 32.2. The fourth-order valence-electron chi connectivity index (χ4n) is 4.82. The van der Waals surface area contributed by atoms with Crippen LogP contribution in [-0.2, 0) is 16.4 Å². The largest absolute Gasteiger partial charge is 0.497 e. The van der Waals surface area contributed by atoms with Crippen molar-refractivity contribution in [2.45, 2.75) is 30.7 Å². The van der Waals surface area contributed by atoms with Crippen molar-refractivity contribution >= 4 is 21.3 Å². The molecule has 1 heterocycles. The predicted octanol–water partition coefficient (Wildman–Crippen LogP) is 6.65. The second-order valence-corrected chi connectivity index (χ2v) is 10.9. The number of fused-ring (bicyclic) bond motifs is 1. The lowest BCUT2D eigenvalue weighted by Gasteiger charge is -2.27. The van der Waals surface area contributed by atoms with E-state index in [4.69, 9.17) is 4.74 Å². The van der Waals surface area contributed by atoms with Crippen molar-refractivity contribution in [1.82, 2.24) is 0 Å². The maximum absolute atomic E-state index is 13.9. The smallest absolute Gasteiger partial charge is 0.264 e. The maximum Gasteiger partial charge on any atom is 0.264 e. The van der Waals surface area contributed by atoms with Crippen molar-refractivity contribution in [1.29, 1.82) is 0 Å². The topological polar surface area (TPSA) is 46.6 Å². The molecule has 5 rings (SSSR count). The standard InChI is InChI=1S/C31H29NO3S/c1-23-13-17-29(18-14-23)36(33,34)32-27(21-26-22-28(35-2)16-20-31(26)32)15-19-30(24-9-5-3-6-10-24)25-11-7-4-8-12-25/h3-14,16-20,22,27H,15,21H2,1-2H3/t27-/m1/s1. The van der Waals surface area contributed by atoms with Crippen LogP contribution in [0.4, 0.5) is 5.69 Å². The molecule has 0 aromatic heterocycles. The second kappa shape index (κ2) is 10.0. The van der Waals surface area contributed by atoms with Crippen LogP contribution < -0.4 is 9.04 Å². The van der Waals surface area contributed by atoms with E-state index >= 15 is 0 Å². The average molecular weight is 496 g/mol. The summed E-state index contributed by atoms with van der Waals surface area (Å²) in [6.45, 7) is 1.95. The molecule has 0 spiro atoms. The third kappa shape index (κ3) is 4.67. The van der Waals surface area contributed by atoms with Crippen molar-refractivity contribution in [3.63, 3.8) is 0 Å². The van der Waals surface area contributed by atoms with Crippen molar-refractivity contribution < 1.29 is 13.2 Å². The molecule has 1 aliphatic heterocycles. The molecule has 1 atom stereocenters. The molecule has 0 radical (unpaired) electrons. The first-order valence-electron chi connectivity index (χ1n) is 12.1. The van der Waals surface area contributed by atoms with E-state index in [0.29, 0.717) is 17.7 Å². The first-order valence-corrected chi connectivity index (χ1v) is 13.5. The van der Waals surface area contributed by atoms with Gasteiger partial charge in [0, 0.05) is 0 Å². The third-order valence-electron chi connectivity index (χ3n) is 6.65. The van der Waals surface area contributed by atoms with E-state index in [1.165, 1.54) is 0 Å². The Morgan fingerprint density at radius 2 is 1.50 bits per heavy atom. The molecular formula is C31H29NO3S. The van der Waals surface area contributed by atoms with Gasteiger partial charge in [-0.2, -0.15) is 0 Å². The highest BCUT2D eigenvalue weighted by Crippen LogP contribution is 2.40. The molecule has 1 aliphatic rings. The van der Waals surface area contributed by atoms with E-state index in [-0.39, 0.29) is 6.04 Å². The van der Waals surface area contributed by atoms with Gasteiger partial charge in [0.25, 0.3) is 10.0 Å². The Morgan fingerprint density at radius 1 is 0.889 bits per heavy atom. The van der Waals surface area contributed by atoms with Gasteiger partial charge in [0.05, 0.1) is 23.7 Å². The van der Waals surface area contributed by atoms with Crippen LogP contribution in [0.15, 0.2) is 114 Å². The Labute approximate surface area is 213 Å². The highest BCUT2D eigenvalue weighted by molar-refractivity contribution is 7.92. The Bertz CT molecular complexity index is 1440. The molecule has 4 aromatic rings. The van der Waals surface area contributed by atoms with Gasteiger partial charge in [0.2, 0.25) is 0 Å². The zero-order valence-corrected chi connectivity index (χ0v) is 21.3. The van der Waals surface area contributed by atoms with Gasteiger partial charge < -0.3 is 4.74 Å². The Hall–Kier alpha value is -3.83. The van der Waals surface area contributed by atoms with Crippen LogP contribution in [0.1, 0.15) is 28.7 Å². The summed E-state index contributed by atoms with van der Waals surface area (Å²) in [5.74, 6) is 0.729. The molecular weight excluding hydrogens is 466 g/mol. The van der Waals surface area contributed by atoms with E-state index in [2.05, 4.69) is 30.3 Å². The van der Waals surface area contributed by atoms with E-state index in [1.54, 1.807) is 23.5 Å². The lowest BCUT2D eigenvalue weighted by molar-refractivity contribution is 0.414. The number of methoxy groups -OCH3 is 1. The normalized spacial score (nSPS) is 14.8. The lowest BCUT2D eigenvalue weighted by atomic mass is 9.95. The number of benzene rings is 4. The highest BCUT2D eigenvalue weighted by Gasteiger charge is 2.38. The molecule has 0 amide bonds. The minimum atomic E-state index is -3.75. The van der Waals surface area contributed by atoms with Crippen LogP contribution in [0.3, 0.4) is 0 Å². The van der Waals surface area contributed by atoms with Gasteiger partial charge in [0.15, 0.2) is 0 Å². The number of hydrogen-bond acceptors (Lipinski definition) is 3. The molecule has 0 unspecified atom stereocenters. The Kier molecular flexibility index (Phi) is 6.66. The summed E-state index contributed by atoms with van der Waals surface area (Å²) in [7, 11) is -2.12. The quantitative estimate of drug-likeness (QED) is 0.289. The molecule has 0 bridgehead atoms. The van der Waals surface area contributed by atoms with Crippen molar-refractivity contribution in [2.24, 2.45) is 0 Å². The monoisotopic (exact) mass is 495 g/mol. The van der Waals surface area contributed by atoms with Crippen LogP contribution in [-0.4, -0.2) is 21.6 Å². The molecule has 4 nitrogen and oxygen atoms in total. The summed E-state index contributed by atoms with van der Waals surface area (Å²) < 4.78 is 34.9. The summed E-state index contributed by atoms with van der Waals surface area (Å²) in [5.41, 5.74) is 6.02. The molecule has 0 saturated carbocycles. The first kappa shape index (κ1) is 23.9. The molecule has 0 fully saturated rings. The van der Waals surface area contributed by atoms with Gasteiger partial charge in [0.1, 0.15) is 5.75 Å². The first-order chi connectivity index (χ1) is 17.5. The second-order valence-electron chi connectivity index (χ2n) is 9.05. The predicted molar refractivity (Wildman–Crippen MR) is 146 cm³/mol. The van der Waals surface area contributed by atoms with Gasteiger partial charge in [-0.1, -0.05) is 84.4 Å². The number of sulfonamides is 1. The molecule has 182 valence electrons. The van der Waals surface area contributed by atoms with E-state index in [1.807, 2.05) is 73.7 Å². The minimum Gasteiger partial charge on any atom is -0.497 e. The van der Waals surface area contributed by atoms with Crippen molar-refractivity contribution in [3.05, 3.63) is 131 Å². The number of ether oxygens (including phenoxy) is 1. The van der Waals surface area contributed by atoms with Crippen LogP contribution in [0, 0.1) is 6.92 Å². The van der Waals surface area contributed by atoms with E-state index in [0.717, 1.165) is 39.3 Å². The average Bonchev–Trinajstić information content (AvgIpc) is 3.28. The SMILES string of the molecule is COc1ccc2c(c1)C[C@@H](CC=C(c1ccccc1)c1ccccc1)N2S(=O)(=O)c1ccc(C)cc1. The summed E-state index contributed by atoms with van der Waals surface area (Å²) in [6.07, 6.45) is 3.36. The van der Waals surface area contributed by atoms with Gasteiger partial charge in [-0.05, 0) is 72.4 Å². The van der Waals surface area contributed by atoms with Gasteiger partial charge in [-0.15, -0.1) is 0 Å². The number of hydrogen-bond donors (Lipinski definition) is 0. The maximum atomic E-state index is 13.9. The number of rotatable bonds is 7. The number of anilines is 1. The third-order valence-corrected chi connectivity index (χ3v) is 8.53. The summed E-state index contributed by atoms with van der Waals surface area (Å²) >= 11 is 0. The van der Waals surface area contributed by atoms with Gasteiger partial charge in [-0.3, -0.25) is 4.31 Å². The number of aryl methyl sites for hydroxylation is 1. The summed E-state index contributed by atoms with van der Waals surface area (Å²) in [5, 5.41) is 0. The van der Waals surface area contributed by atoms with Crippen LogP contribution in [0.2, 0.25) is 0 Å².